The third-order valence-electron chi connectivity index (χ3n) is 5.26. The molecule has 0 aliphatic carbocycles. The average Bonchev–Trinajstić information content (AvgIpc) is 3.26. The number of hydrogen-bond acceptors (Lipinski definition) is 3. The summed E-state index contributed by atoms with van der Waals surface area (Å²) in [5.41, 5.74) is 1.68. The number of benzene rings is 2. The molecule has 138 valence electrons. The van der Waals surface area contributed by atoms with Crippen LogP contribution >= 0.6 is 0 Å². The molecule has 0 N–H and O–H groups in total. The summed E-state index contributed by atoms with van der Waals surface area (Å²) in [6.45, 7) is 0.695. The van der Waals surface area contributed by atoms with Crippen LogP contribution in [-0.4, -0.2) is 40.6 Å². The molecule has 27 heavy (non-hydrogen) atoms. The molecule has 0 bridgehead atoms. The van der Waals surface area contributed by atoms with Gasteiger partial charge in [-0.1, -0.05) is 24.3 Å². The van der Waals surface area contributed by atoms with Gasteiger partial charge in [0.1, 0.15) is 5.82 Å². The van der Waals surface area contributed by atoms with Crippen molar-refractivity contribution in [1.29, 1.82) is 0 Å². The Labute approximate surface area is 156 Å². The number of imide groups is 1. The number of amides is 3. The summed E-state index contributed by atoms with van der Waals surface area (Å²) in [5, 5.41) is 0. The number of nitrogens with zero attached hydrogens (tertiary/aromatic N) is 2. The highest BCUT2D eigenvalue weighted by atomic mass is 19.1. The van der Waals surface area contributed by atoms with Gasteiger partial charge in [0.2, 0.25) is 5.91 Å². The van der Waals surface area contributed by atoms with Gasteiger partial charge in [0, 0.05) is 19.5 Å². The summed E-state index contributed by atoms with van der Waals surface area (Å²) in [6, 6.07) is 12.8. The van der Waals surface area contributed by atoms with Crippen molar-refractivity contribution in [3.8, 4) is 0 Å². The second kappa shape index (κ2) is 6.95. The molecule has 2 aromatic rings. The summed E-state index contributed by atoms with van der Waals surface area (Å²) >= 11 is 0. The minimum absolute atomic E-state index is 0.0673. The fourth-order valence-electron chi connectivity index (χ4n) is 3.89. The fraction of sp³-hybridized carbons (Fsp3) is 0.286. The van der Waals surface area contributed by atoms with Gasteiger partial charge in [-0.05, 0) is 42.7 Å². The number of carbonyl (C=O) groups is 3. The second-order valence-electron chi connectivity index (χ2n) is 6.85. The molecule has 0 aromatic heterocycles. The number of likely N-dealkylation sites (tertiary alicyclic amines) is 1. The van der Waals surface area contributed by atoms with Crippen molar-refractivity contribution in [2.75, 3.05) is 13.1 Å². The van der Waals surface area contributed by atoms with Crippen molar-refractivity contribution < 1.29 is 18.8 Å². The maximum Gasteiger partial charge on any atom is 0.261 e. The molecule has 0 radical (unpaired) electrons. The molecule has 5 nitrogen and oxygen atoms in total. The first-order valence-corrected chi connectivity index (χ1v) is 9.06. The zero-order valence-electron chi connectivity index (χ0n) is 14.7. The normalized spacial score (nSPS) is 18.9. The molecule has 1 atom stereocenters. The van der Waals surface area contributed by atoms with E-state index in [4.69, 9.17) is 0 Å². The van der Waals surface area contributed by atoms with E-state index in [1.54, 1.807) is 41.3 Å². The van der Waals surface area contributed by atoms with Crippen LogP contribution in [0.1, 0.15) is 51.6 Å². The zero-order chi connectivity index (χ0) is 19.0. The Morgan fingerprint density at radius 2 is 1.63 bits per heavy atom. The molecule has 2 aliphatic rings. The van der Waals surface area contributed by atoms with Gasteiger partial charge in [-0.25, -0.2) is 4.39 Å². The lowest BCUT2D eigenvalue weighted by Gasteiger charge is -2.26. The molecule has 2 aliphatic heterocycles. The molecular weight excluding hydrogens is 347 g/mol. The van der Waals surface area contributed by atoms with Crippen LogP contribution in [0.5, 0.6) is 0 Å². The van der Waals surface area contributed by atoms with E-state index in [0.29, 0.717) is 17.7 Å². The van der Waals surface area contributed by atoms with Crippen molar-refractivity contribution in [2.45, 2.75) is 25.3 Å². The van der Waals surface area contributed by atoms with Crippen LogP contribution in [0.3, 0.4) is 0 Å². The van der Waals surface area contributed by atoms with Gasteiger partial charge in [0.05, 0.1) is 17.2 Å². The van der Waals surface area contributed by atoms with Crippen LogP contribution in [0.15, 0.2) is 48.5 Å². The summed E-state index contributed by atoms with van der Waals surface area (Å²) in [4.78, 5) is 40.5. The SMILES string of the molecule is O=C1c2ccccc2C(=O)N1CCC(=O)N1CCCC1c1ccc(F)cc1. The van der Waals surface area contributed by atoms with Crippen LogP contribution < -0.4 is 0 Å². The van der Waals surface area contributed by atoms with Gasteiger partial charge in [-0.3, -0.25) is 19.3 Å². The number of fused-ring (bicyclic) bond motifs is 1. The highest BCUT2D eigenvalue weighted by Crippen LogP contribution is 2.32. The predicted molar refractivity (Wildman–Crippen MR) is 96.5 cm³/mol. The minimum Gasteiger partial charge on any atom is -0.336 e. The summed E-state index contributed by atoms with van der Waals surface area (Å²) in [7, 11) is 0. The van der Waals surface area contributed by atoms with Gasteiger partial charge in [0.15, 0.2) is 0 Å². The maximum absolute atomic E-state index is 13.2. The van der Waals surface area contributed by atoms with Gasteiger partial charge < -0.3 is 4.90 Å². The lowest BCUT2D eigenvalue weighted by molar-refractivity contribution is -0.132. The van der Waals surface area contributed by atoms with E-state index in [-0.39, 0.29) is 42.5 Å². The summed E-state index contributed by atoms with van der Waals surface area (Å²) < 4.78 is 13.2. The largest absolute Gasteiger partial charge is 0.336 e. The Morgan fingerprint density at radius 3 is 2.26 bits per heavy atom. The van der Waals surface area contributed by atoms with E-state index in [9.17, 15) is 18.8 Å². The number of carbonyl (C=O) groups excluding carboxylic acids is 3. The number of halogens is 1. The van der Waals surface area contributed by atoms with E-state index >= 15 is 0 Å². The molecule has 2 heterocycles. The first-order valence-electron chi connectivity index (χ1n) is 9.06. The van der Waals surface area contributed by atoms with E-state index in [1.807, 2.05) is 0 Å². The van der Waals surface area contributed by atoms with Gasteiger partial charge >= 0.3 is 0 Å². The highest BCUT2D eigenvalue weighted by Gasteiger charge is 2.36. The topological polar surface area (TPSA) is 57.7 Å². The molecule has 1 fully saturated rings. The first kappa shape index (κ1) is 17.4. The minimum atomic E-state index is -0.347. The van der Waals surface area contributed by atoms with Gasteiger partial charge in [-0.15, -0.1) is 0 Å². The molecule has 0 spiro atoms. The van der Waals surface area contributed by atoms with Crippen LogP contribution in [-0.2, 0) is 4.79 Å². The Hall–Kier alpha value is -3.02. The van der Waals surface area contributed by atoms with E-state index in [0.717, 1.165) is 23.3 Å². The number of hydrogen-bond donors (Lipinski definition) is 0. The van der Waals surface area contributed by atoms with Crippen molar-refractivity contribution in [1.82, 2.24) is 9.80 Å². The molecule has 4 rings (SSSR count). The standard InChI is InChI=1S/C21H19FN2O3/c22-15-9-7-14(8-10-15)18-6-3-12-23(18)19(25)11-13-24-20(26)16-4-1-2-5-17(16)21(24)27/h1-2,4-5,7-10,18H,3,6,11-13H2. The molecule has 6 heteroatoms. The monoisotopic (exact) mass is 366 g/mol. The Bertz CT molecular complexity index is 875. The van der Waals surface area contributed by atoms with Crippen LogP contribution in [0.2, 0.25) is 0 Å². The molecule has 3 amide bonds. The van der Waals surface area contributed by atoms with Crippen molar-refractivity contribution >= 4 is 17.7 Å². The quantitative estimate of drug-likeness (QED) is 0.781. The highest BCUT2D eigenvalue weighted by molar-refractivity contribution is 6.21. The van der Waals surface area contributed by atoms with Crippen LogP contribution in [0, 0.1) is 5.82 Å². The summed E-state index contributed by atoms with van der Waals surface area (Å²) in [5.74, 6) is -1.10. The van der Waals surface area contributed by atoms with Crippen molar-refractivity contribution in [2.24, 2.45) is 0 Å². The average molecular weight is 366 g/mol. The molecular formula is C21H19FN2O3. The Balaban J connectivity index is 1.43. The fourth-order valence-corrected chi connectivity index (χ4v) is 3.89. The zero-order valence-corrected chi connectivity index (χ0v) is 14.7. The lowest BCUT2D eigenvalue weighted by atomic mass is 10.0. The van der Waals surface area contributed by atoms with Crippen LogP contribution in [0.25, 0.3) is 0 Å². The molecule has 2 aromatic carbocycles. The Morgan fingerprint density at radius 1 is 1.00 bits per heavy atom. The second-order valence-corrected chi connectivity index (χ2v) is 6.85. The smallest absolute Gasteiger partial charge is 0.261 e. The third kappa shape index (κ3) is 3.12. The van der Waals surface area contributed by atoms with E-state index < -0.39 is 0 Å². The van der Waals surface area contributed by atoms with Crippen molar-refractivity contribution in [3.05, 3.63) is 71.0 Å². The predicted octanol–water partition coefficient (Wildman–Crippen LogP) is 3.18. The van der Waals surface area contributed by atoms with Crippen molar-refractivity contribution in [3.63, 3.8) is 0 Å². The Kier molecular flexibility index (Phi) is 4.48. The molecule has 1 unspecified atom stereocenters. The van der Waals surface area contributed by atoms with Gasteiger partial charge in [0.25, 0.3) is 11.8 Å². The maximum atomic E-state index is 13.2. The van der Waals surface area contributed by atoms with E-state index in [2.05, 4.69) is 0 Å². The third-order valence-corrected chi connectivity index (χ3v) is 5.26. The van der Waals surface area contributed by atoms with Gasteiger partial charge in [-0.2, -0.15) is 0 Å². The first-order chi connectivity index (χ1) is 13.1. The number of rotatable bonds is 4. The van der Waals surface area contributed by atoms with Crippen LogP contribution in [0.4, 0.5) is 4.39 Å². The molecule has 0 saturated carbocycles. The summed E-state index contributed by atoms with van der Waals surface area (Å²) in [6.07, 6.45) is 1.79. The molecule has 1 saturated heterocycles. The lowest BCUT2D eigenvalue weighted by Crippen LogP contribution is -2.36. The van der Waals surface area contributed by atoms with E-state index in [1.165, 1.54) is 12.1 Å².